The van der Waals surface area contributed by atoms with Gasteiger partial charge in [0.25, 0.3) is 5.91 Å². The summed E-state index contributed by atoms with van der Waals surface area (Å²) in [5.74, 6) is -0.616. The van der Waals surface area contributed by atoms with Crippen LogP contribution in [0.3, 0.4) is 0 Å². The van der Waals surface area contributed by atoms with Gasteiger partial charge in [-0.3, -0.25) is 9.48 Å². The molecule has 1 unspecified atom stereocenters. The fourth-order valence-electron chi connectivity index (χ4n) is 4.41. The minimum absolute atomic E-state index is 0.0694. The van der Waals surface area contributed by atoms with Crippen LogP contribution in [0.15, 0.2) is 36.5 Å². The Morgan fingerprint density at radius 1 is 1.15 bits per heavy atom. The van der Waals surface area contributed by atoms with E-state index in [0.717, 1.165) is 10.2 Å². The zero-order valence-electron chi connectivity index (χ0n) is 18.5. The molecule has 33 heavy (non-hydrogen) atoms. The Hall–Kier alpha value is -3.20. The van der Waals surface area contributed by atoms with Crippen molar-refractivity contribution in [1.82, 2.24) is 14.7 Å². The van der Waals surface area contributed by atoms with Gasteiger partial charge < -0.3 is 10.6 Å². The minimum atomic E-state index is -4.64. The van der Waals surface area contributed by atoms with Crippen molar-refractivity contribution in [2.24, 2.45) is 12.8 Å². The third-order valence-corrected chi connectivity index (χ3v) is 6.16. The fourth-order valence-corrected chi connectivity index (χ4v) is 4.41. The van der Waals surface area contributed by atoms with Gasteiger partial charge in [-0.05, 0) is 66.3 Å². The topological polar surface area (TPSA) is 64.2 Å². The van der Waals surface area contributed by atoms with Gasteiger partial charge in [0.15, 0.2) is 5.69 Å². The van der Waals surface area contributed by atoms with E-state index in [0.29, 0.717) is 40.8 Å². The van der Waals surface area contributed by atoms with Gasteiger partial charge in [-0.25, -0.2) is 4.39 Å². The predicted molar refractivity (Wildman–Crippen MR) is 116 cm³/mol. The van der Waals surface area contributed by atoms with E-state index in [-0.39, 0.29) is 29.9 Å². The normalized spacial score (nSPS) is 15.0. The van der Waals surface area contributed by atoms with Gasteiger partial charge in [-0.2, -0.15) is 18.3 Å². The molecule has 174 valence electrons. The van der Waals surface area contributed by atoms with Crippen LogP contribution in [-0.2, 0) is 26.2 Å². The van der Waals surface area contributed by atoms with Gasteiger partial charge in [-0.15, -0.1) is 0 Å². The summed E-state index contributed by atoms with van der Waals surface area (Å²) in [4.78, 5) is 15.1. The number of fused-ring (bicyclic) bond motifs is 1. The average Bonchev–Trinajstić information content (AvgIpc) is 3.17. The molecule has 0 saturated heterocycles. The molecule has 3 aromatic rings. The number of nitrogens with zero attached hydrogens (tertiary/aromatic N) is 3. The minimum Gasteiger partial charge on any atom is -0.332 e. The van der Waals surface area contributed by atoms with E-state index < -0.39 is 11.9 Å². The number of benzene rings is 2. The number of carbonyl (C=O) groups excluding carboxylic acids is 1. The number of alkyl halides is 3. The summed E-state index contributed by atoms with van der Waals surface area (Å²) in [5.41, 5.74) is 7.79. The van der Waals surface area contributed by atoms with Crippen molar-refractivity contribution in [1.29, 1.82) is 0 Å². The van der Waals surface area contributed by atoms with E-state index in [1.165, 1.54) is 19.3 Å². The standard InChI is InChI=1S/C24H24F4N4O/c1-13-8-16(4-5-21(13)25)14(2)32-7-6-17-18(9-15(11-29)10-19(17)23(32)33)20-12-31(3)30-22(20)24(26,27)28/h4-5,8-10,12,14H,6-7,11,29H2,1-3H3. The summed E-state index contributed by atoms with van der Waals surface area (Å²) in [5, 5.41) is 3.61. The van der Waals surface area contributed by atoms with Crippen molar-refractivity contribution in [2.45, 2.75) is 39.0 Å². The van der Waals surface area contributed by atoms with Crippen molar-refractivity contribution >= 4 is 5.91 Å². The highest BCUT2D eigenvalue weighted by atomic mass is 19.4. The number of amides is 1. The molecule has 5 nitrogen and oxygen atoms in total. The SMILES string of the molecule is Cc1cc(C(C)N2CCc3c(cc(CN)cc3-c3cn(C)nc3C(F)(F)F)C2=O)ccc1F. The molecule has 0 saturated carbocycles. The summed E-state index contributed by atoms with van der Waals surface area (Å²) in [6, 6.07) is 7.65. The van der Waals surface area contributed by atoms with Gasteiger partial charge in [0.05, 0.1) is 6.04 Å². The number of nitrogens with two attached hydrogens (primary N) is 1. The molecule has 1 atom stereocenters. The zero-order chi connectivity index (χ0) is 24.1. The highest BCUT2D eigenvalue weighted by Gasteiger charge is 2.39. The molecule has 1 aliphatic rings. The van der Waals surface area contributed by atoms with Crippen LogP contribution < -0.4 is 5.73 Å². The lowest BCUT2D eigenvalue weighted by atomic mass is 9.87. The lowest BCUT2D eigenvalue weighted by Crippen LogP contribution is -2.39. The first-order chi connectivity index (χ1) is 15.5. The van der Waals surface area contributed by atoms with E-state index in [9.17, 15) is 22.4 Å². The van der Waals surface area contributed by atoms with Crippen LogP contribution in [0, 0.1) is 12.7 Å². The molecule has 2 heterocycles. The van der Waals surface area contributed by atoms with Gasteiger partial charge in [-0.1, -0.05) is 12.1 Å². The highest BCUT2D eigenvalue weighted by molar-refractivity contribution is 5.99. The second kappa shape index (κ2) is 8.30. The van der Waals surface area contributed by atoms with Gasteiger partial charge in [0.1, 0.15) is 5.82 Å². The molecule has 2 N–H and O–H groups in total. The van der Waals surface area contributed by atoms with Gasteiger partial charge in [0.2, 0.25) is 0 Å². The highest BCUT2D eigenvalue weighted by Crippen LogP contribution is 2.40. The fraction of sp³-hybridized carbons (Fsp3) is 0.333. The second-order valence-electron chi connectivity index (χ2n) is 8.37. The monoisotopic (exact) mass is 460 g/mol. The molecule has 0 bridgehead atoms. The van der Waals surface area contributed by atoms with Gasteiger partial charge in [0, 0.05) is 37.5 Å². The van der Waals surface area contributed by atoms with Crippen molar-refractivity contribution < 1.29 is 22.4 Å². The molecule has 1 aliphatic heterocycles. The summed E-state index contributed by atoms with van der Waals surface area (Å²) in [6.07, 6.45) is -2.95. The smallest absolute Gasteiger partial charge is 0.332 e. The molecule has 1 amide bonds. The van der Waals surface area contributed by atoms with Crippen LogP contribution in [0.1, 0.15) is 51.3 Å². The maximum absolute atomic E-state index is 13.7. The molecule has 4 rings (SSSR count). The third kappa shape index (κ3) is 4.13. The Morgan fingerprint density at radius 3 is 2.48 bits per heavy atom. The first kappa shape index (κ1) is 23.0. The molecular formula is C24H24F4N4O. The first-order valence-corrected chi connectivity index (χ1v) is 10.5. The number of hydrogen-bond acceptors (Lipinski definition) is 3. The third-order valence-electron chi connectivity index (χ3n) is 6.16. The number of carbonyl (C=O) groups is 1. The van der Waals surface area contributed by atoms with E-state index in [1.54, 1.807) is 36.1 Å². The van der Waals surface area contributed by atoms with E-state index in [1.807, 2.05) is 6.92 Å². The van der Waals surface area contributed by atoms with Crippen LogP contribution in [0.2, 0.25) is 0 Å². The van der Waals surface area contributed by atoms with Crippen LogP contribution in [0.4, 0.5) is 17.6 Å². The quantitative estimate of drug-likeness (QED) is 0.571. The lowest BCUT2D eigenvalue weighted by Gasteiger charge is -2.35. The lowest BCUT2D eigenvalue weighted by molar-refractivity contribution is -0.140. The van der Waals surface area contributed by atoms with E-state index >= 15 is 0 Å². The van der Waals surface area contributed by atoms with Crippen molar-refractivity contribution in [2.75, 3.05) is 6.54 Å². The van der Waals surface area contributed by atoms with E-state index in [2.05, 4.69) is 5.10 Å². The molecule has 0 aliphatic carbocycles. The Morgan fingerprint density at radius 2 is 1.85 bits per heavy atom. The molecule has 0 spiro atoms. The summed E-state index contributed by atoms with van der Waals surface area (Å²) >= 11 is 0. The molecular weight excluding hydrogens is 436 g/mol. The zero-order valence-corrected chi connectivity index (χ0v) is 18.5. The predicted octanol–water partition coefficient (Wildman–Crippen LogP) is 4.77. The molecule has 2 aromatic carbocycles. The number of aryl methyl sites for hydroxylation is 2. The Labute approximate surface area is 188 Å². The Bertz CT molecular complexity index is 1230. The summed E-state index contributed by atoms with van der Waals surface area (Å²) < 4.78 is 55.8. The Balaban J connectivity index is 1.80. The molecule has 1 aromatic heterocycles. The number of aromatic nitrogens is 2. The molecule has 0 fully saturated rings. The first-order valence-electron chi connectivity index (χ1n) is 10.5. The van der Waals surface area contributed by atoms with Crippen LogP contribution in [-0.4, -0.2) is 27.1 Å². The average molecular weight is 460 g/mol. The van der Waals surface area contributed by atoms with Crippen molar-refractivity contribution in [3.8, 4) is 11.1 Å². The maximum atomic E-state index is 13.7. The van der Waals surface area contributed by atoms with Gasteiger partial charge >= 0.3 is 6.18 Å². The van der Waals surface area contributed by atoms with Crippen molar-refractivity contribution in [3.05, 3.63) is 75.9 Å². The van der Waals surface area contributed by atoms with Crippen LogP contribution in [0.25, 0.3) is 11.1 Å². The summed E-state index contributed by atoms with van der Waals surface area (Å²) in [7, 11) is 1.43. The second-order valence-corrected chi connectivity index (χ2v) is 8.37. The van der Waals surface area contributed by atoms with Crippen molar-refractivity contribution in [3.63, 3.8) is 0 Å². The molecule has 0 radical (unpaired) electrons. The van der Waals surface area contributed by atoms with Crippen LogP contribution in [0.5, 0.6) is 0 Å². The number of hydrogen-bond donors (Lipinski definition) is 1. The maximum Gasteiger partial charge on any atom is 0.435 e. The summed E-state index contributed by atoms with van der Waals surface area (Å²) in [6.45, 7) is 3.90. The van der Waals surface area contributed by atoms with E-state index in [4.69, 9.17) is 5.73 Å². The largest absolute Gasteiger partial charge is 0.435 e. The van der Waals surface area contributed by atoms with Crippen LogP contribution >= 0.6 is 0 Å². The number of halogens is 4. The number of rotatable bonds is 4. The molecule has 9 heteroatoms. The Kier molecular flexibility index (Phi) is 5.78.